The molecule has 2 aliphatic heterocycles. The summed E-state index contributed by atoms with van der Waals surface area (Å²) >= 11 is 12.0. The van der Waals surface area contributed by atoms with Crippen LogP contribution in [-0.2, 0) is 6.42 Å². The molecule has 2 aromatic rings. The van der Waals surface area contributed by atoms with Crippen LogP contribution >= 0.6 is 23.8 Å². The SMILES string of the molecule is CCc1ccc2c(c1)C1CC(C)(O2)N(c2ccc(C)c(Cl)c2)C(=S)N1. The van der Waals surface area contributed by atoms with Crippen molar-refractivity contribution in [2.24, 2.45) is 0 Å². The van der Waals surface area contributed by atoms with Gasteiger partial charge in [0.1, 0.15) is 5.75 Å². The highest BCUT2D eigenvalue weighted by atomic mass is 35.5. The molecule has 25 heavy (non-hydrogen) atoms. The Morgan fingerprint density at radius 1 is 1.32 bits per heavy atom. The second kappa shape index (κ2) is 5.89. The summed E-state index contributed by atoms with van der Waals surface area (Å²) in [6.45, 7) is 6.25. The number of halogens is 1. The van der Waals surface area contributed by atoms with Gasteiger partial charge in [-0.3, -0.25) is 4.90 Å². The number of hydrogen-bond donors (Lipinski definition) is 1. The summed E-state index contributed by atoms with van der Waals surface area (Å²) in [5.41, 5.74) is 3.97. The van der Waals surface area contributed by atoms with Crippen LogP contribution in [0.4, 0.5) is 5.69 Å². The van der Waals surface area contributed by atoms with Gasteiger partial charge in [-0.2, -0.15) is 0 Å². The van der Waals surface area contributed by atoms with Crippen molar-refractivity contribution in [2.75, 3.05) is 4.90 Å². The molecule has 0 saturated carbocycles. The van der Waals surface area contributed by atoms with Gasteiger partial charge in [0.2, 0.25) is 0 Å². The maximum absolute atomic E-state index is 6.45. The zero-order chi connectivity index (χ0) is 17.8. The van der Waals surface area contributed by atoms with E-state index in [9.17, 15) is 0 Å². The molecule has 1 N–H and O–H groups in total. The normalized spacial score (nSPS) is 24.4. The molecule has 0 aliphatic carbocycles. The highest BCUT2D eigenvalue weighted by Crippen LogP contribution is 2.46. The Kier molecular flexibility index (Phi) is 3.93. The first-order chi connectivity index (χ1) is 11.9. The molecule has 0 spiro atoms. The number of fused-ring (bicyclic) bond motifs is 4. The fraction of sp³-hybridized carbons (Fsp3) is 0.350. The molecule has 0 amide bonds. The minimum atomic E-state index is -0.535. The summed E-state index contributed by atoms with van der Waals surface area (Å²) in [6, 6.07) is 12.6. The Morgan fingerprint density at radius 2 is 2.12 bits per heavy atom. The molecule has 130 valence electrons. The summed E-state index contributed by atoms with van der Waals surface area (Å²) in [5, 5.41) is 4.90. The summed E-state index contributed by atoms with van der Waals surface area (Å²) in [6.07, 6.45) is 1.83. The van der Waals surface area contributed by atoms with Crippen molar-refractivity contribution < 1.29 is 4.74 Å². The topological polar surface area (TPSA) is 24.5 Å². The van der Waals surface area contributed by atoms with E-state index in [1.54, 1.807) is 0 Å². The fourth-order valence-corrected chi connectivity index (χ4v) is 4.37. The van der Waals surface area contributed by atoms with Crippen LogP contribution in [0.15, 0.2) is 36.4 Å². The summed E-state index contributed by atoms with van der Waals surface area (Å²) in [5.74, 6) is 0.925. The predicted octanol–water partition coefficient (Wildman–Crippen LogP) is 5.15. The van der Waals surface area contributed by atoms with E-state index in [-0.39, 0.29) is 6.04 Å². The molecule has 2 unspecified atom stereocenters. The summed E-state index contributed by atoms with van der Waals surface area (Å²) in [7, 11) is 0. The van der Waals surface area contributed by atoms with Gasteiger partial charge >= 0.3 is 0 Å². The quantitative estimate of drug-likeness (QED) is 0.737. The number of ether oxygens (including phenoxy) is 1. The average Bonchev–Trinajstić information content (AvgIpc) is 2.57. The van der Waals surface area contributed by atoms with Gasteiger partial charge in [0.15, 0.2) is 10.8 Å². The van der Waals surface area contributed by atoms with Gasteiger partial charge in [-0.1, -0.05) is 36.7 Å². The lowest BCUT2D eigenvalue weighted by Gasteiger charge is -2.52. The van der Waals surface area contributed by atoms with Crippen LogP contribution in [0.1, 0.15) is 43.0 Å². The second-order valence-electron chi connectivity index (χ2n) is 6.98. The van der Waals surface area contributed by atoms with Crippen molar-refractivity contribution in [3.63, 3.8) is 0 Å². The Balaban J connectivity index is 1.78. The molecule has 1 fully saturated rings. The lowest BCUT2D eigenvalue weighted by atomic mass is 9.89. The first kappa shape index (κ1) is 16.7. The average molecular weight is 373 g/mol. The summed E-state index contributed by atoms with van der Waals surface area (Å²) in [4.78, 5) is 2.04. The number of rotatable bonds is 2. The number of benzene rings is 2. The van der Waals surface area contributed by atoms with E-state index in [4.69, 9.17) is 28.6 Å². The van der Waals surface area contributed by atoms with E-state index in [1.165, 1.54) is 11.1 Å². The van der Waals surface area contributed by atoms with Crippen molar-refractivity contribution in [2.45, 2.75) is 45.4 Å². The molecule has 2 aliphatic rings. The highest BCUT2D eigenvalue weighted by molar-refractivity contribution is 7.80. The van der Waals surface area contributed by atoms with Gasteiger partial charge in [0.25, 0.3) is 0 Å². The standard InChI is InChI=1S/C20H21ClN2OS/c1-4-13-6-8-18-15(9-13)17-11-20(3,24-18)23(19(25)22-17)14-7-5-12(2)16(21)10-14/h5-10,17H,4,11H2,1-3H3,(H,22,25). The van der Waals surface area contributed by atoms with Crippen molar-refractivity contribution in [3.8, 4) is 5.75 Å². The third-order valence-electron chi connectivity index (χ3n) is 5.16. The zero-order valence-electron chi connectivity index (χ0n) is 14.6. The van der Waals surface area contributed by atoms with Gasteiger partial charge in [-0.05, 0) is 61.8 Å². The molecule has 1 saturated heterocycles. The van der Waals surface area contributed by atoms with Crippen LogP contribution < -0.4 is 15.0 Å². The van der Waals surface area contributed by atoms with Crippen LogP contribution in [0.3, 0.4) is 0 Å². The highest BCUT2D eigenvalue weighted by Gasteiger charge is 2.48. The molecule has 0 radical (unpaired) electrons. The lowest BCUT2D eigenvalue weighted by Crippen LogP contribution is -2.65. The van der Waals surface area contributed by atoms with Gasteiger partial charge < -0.3 is 10.1 Å². The number of hydrogen-bond acceptors (Lipinski definition) is 2. The number of nitrogens with zero attached hydrogens (tertiary/aromatic N) is 1. The van der Waals surface area contributed by atoms with E-state index >= 15 is 0 Å². The van der Waals surface area contributed by atoms with Crippen molar-refractivity contribution >= 4 is 34.6 Å². The second-order valence-corrected chi connectivity index (χ2v) is 7.77. The van der Waals surface area contributed by atoms with Crippen LogP contribution in [0.5, 0.6) is 5.75 Å². The zero-order valence-corrected chi connectivity index (χ0v) is 16.2. The molecule has 2 heterocycles. The smallest absolute Gasteiger partial charge is 0.188 e. The number of thiocarbonyl (C=S) groups is 1. The number of nitrogens with one attached hydrogen (secondary N) is 1. The molecule has 2 atom stereocenters. The third-order valence-corrected chi connectivity index (χ3v) is 5.87. The van der Waals surface area contributed by atoms with Crippen LogP contribution in [0, 0.1) is 6.92 Å². The molecule has 0 aromatic heterocycles. The molecule has 3 nitrogen and oxygen atoms in total. The van der Waals surface area contributed by atoms with Crippen molar-refractivity contribution in [3.05, 3.63) is 58.1 Å². The van der Waals surface area contributed by atoms with Crippen LogP contribution in [-0.4, -0.2) is 10.8 Å². The molecule has 2 aromatic carbocycles. The minimum Gasteiger partial charge on any atom is -0.467 e. The molecule has 5 heteroatoms. The number of anilines is 1. The van der Waals surface area contributed by atoms with E-state index in [2.05, 4.69) is 37.4 Å². The lowest BCUT2D eigenvalue weighted by molar-refractivity contribution is 0.0497. The summed E-state index contributed by atoms with van der Waals surface area (Å²) < 4.78 is 6.45. The van der Waals surface area contributed by atoms with Crippen molar-refractivity contribution in [1.29, 1.82) is 0 Å². The molecular formula is C20H21ClN2OS. The fourth-order valence-electron chi connectivity index (χ4n) is 3.76. The largest absolute Gasteiger partial charge is 0.467 e. The van der Waals surface area contributed by atoms with Gasteiger partial charge in [0, 0.05) is 22.7 Å². The van der Waals surface area contributed by atoms with E-state index in [0.29, 0.717) is 5.11 Å². The Bertz CT molecular complexity index is 869. The predicted molar refractivity (Wildman–Crippen MR) is 107 cm³/mol. The molecular weight excluding hydrogens is 352 g/mol. The molecule has 4 rings (SSSR count). The van der Waals surface area contributed by atoms with Gasteiger partial charge in [0.05, 0.1) is 6.04 Å². The maximum atomic E-state index is 6.45. The monoisotopic (exact) mass is 372 g/mol. The van der Waals surface area contributed by atoms with E-state index < -0.39 is 5.72 Å². The van der Waals surface area contributed by atoms with Crippen molar-refractivity contribution in [1.82, 2.24) is 5.32 Å². The minimum absolute atomic E-state index is 0.171. The van der Waals surface area contributed by atoms with Gasteiger partial charge in [-0.15, -0.1) is 0 Å². The first-order valence-corrected chi connectivity index (χ1v) is 9.38. The Hall–Kier alpha value is -1.78. The van der Waals surface area contributed by atoms with Crippen LogP contribution in [0.2, 0.25) is 5.02 Å². The Morgan fingerprint density at radius 3 is 2.84 bits per heavy atom. The van der Waals surface area contributed by atoms with E-state index in [0.717, 1.165) is 34.9 Å². The first-order valence-electron chi connectivity index (χ1n) is 8.60. The third kappa shape index (κ3) is 2.68. The Labute approximate surface area is 158 Å². The number of aryl methyl sites for hydroxylation is 2. The maximum Gasteiger partial charge on any atom is 0.188 e. The molecule has 2 bridgehead atoms. The van der Waals surface area contributed by atoms with Crippen LogP contribution in [0.25, 0.3) is 0 Å². The van der Waals surface area contributed by atoms with Gasteiger partial charge in [-0.25, -0.2) is 0 Å². The van der Waals surface area contributed by atoms with E-state index in [1.807, 2.05) is 30.0 Å².